The maximum absolute atomic E-state index is 13.1. The van der Waals surface area contributed by atoms with Gasteiger partial charge in [-0.2, -0.15) is 0 Å². The normalized spacial score (nSPS) is 21.9. The van der Waals surface area contributed by atoms with Crippen LogP contribution in [-0.2, 0) is 5.41 Å². The predicted molar refractivity (Wildman–Crippen MR) is 126 cm³/mol. The fourth-order valence-corrected chi connectivity index (χ4v) is 5.21. The van der Waals surface area contributed by atoms with E-state index in [-0.39, 0.29) is 23.5 Å². The fraction of sp³-hybridized carbons (Fsp3) is 0.400. The van der Waals surface area contributed by atoms with E-state index in [4.69, 9.17) is 22.1 Å². The number of aromatic nitrogens is 1. The first-order valence-electron chi connectivity index (χ1n) is 11.2. The van der Waals surface area contributed by atoms with Crippen LogP contribution < -0.4 is 20.8 Å². The van der Waals surface area contributed by atoms with Gasteiger partial charge in [0.05, 0.1) is 11.1 Å². The molecule has 1 atom stereocenters. The zero-order valence-electron chi connectivity index (χ0n) is 18.6. The van der Waals surface area contributed by atoms with Crippen molar-refractivity contribution in [1.29, 1.82) is 0 Å². The van der Waals surface area contributed by atoms with Crippen molar-refractivity contribution in [3.8, 4) is 11.5 Å². The van der Waals surface area contributed by atoms with E-state index in [1.54, 1.807) is 36.5 Å². The number of nitrogens with one attached hydrogen (secondary N) is 1. The molecule has 1 aromatic heterocycles. The molecule has 0 amide bonds. The third-order valence-corrected chi connectivity index (χ3v) is 7.04. The minimum atomic E-state index is -4.79. The molecule has 34 heavy (non-hydrogen) atoms. The molecule has 3 aromatic rings. The van der Waals surface area contributed by atoms with Crippen LogP contribution in [0.3, 0.4) is 0 Å². The highest BCUT2D eigenvalue weighted by Crippen LogP contribution is 2.47. The molecule has 4 rings (SSSR count). The molecule has 2 aromatic carbocycles. The number of hydrogen-bond donors (Lipinski definition) is 2. The Hall–Kier alpha value is -2.71. The quantitative estimate of drug-likeness (QED) is 0.435. The second-order valence-electron chi connectivity index (χ2n) is 8.71. The van der Waals surface area contributed by atoms with Gasteiger partial charge in [0.15, 0.2) is 0 Å². The molecule has 1 saturated carbocycles. The smallest absolute Gasteiger partial charge is 0.489 e. The Kier molecular flexibility index (Phi) is 6.82. The molecule has 0 bridgehead atoms. The van der Waals surface area contributed by atoms with Crippen molar-refractivity contribution >= 4 is 22.4 Å². The number of H-pyrrole nitrogens is 1. The average Bonchev–Trinajstić information content (AvgIpc) is 2.80. The number of benzene rings is 2. The summed E-state index contributed by atoms with van der Waals surface area (Å²) in [5.74, 6) is 0.263. The minimum absolute atomic E-state index is 0.190. The van der Waals surface area contributed by atoms with E-state index < -0.39 is 11.8 Å². The first-order valence-corrected chi connectivity index (χ1v) is 11.6. The van der Waals surface area contributed by atoms with Crippen LogP contribution in [0.5, 0.6) is 11.5 Å². The zero-order valence-corrected chi connectivity index (χ0v) is 19.4. The molecular weight excluding hydrogens is 469 g/mol. The summed E-state index contributed by atoms with van der Waals surface area (Å²) in [6.07, 6.45) is -0.574. The zero-order chi connectivity index (χ0) is 24.5. The van der Waals surface area contributed by atoms with Crippen molar-refractivity contribution in [1.82, 2.24) is 4.98 Å². The van der Waals surface area contributed by atoms with Gasteiger partial charge in [0, 0.05) is 28.6 Å². The number of para-hydroxylation sites is 1. The van der Waals surface area contributed by atoms with Crippen LogP contribution in [0.15, 0.2) is 53.5 Å². The number of pyridine rings is 1. The Balaban J connectivity index is 1.59. The number of nitrogens with two attached hydrogens (primary N) is 1. The van der Waals surface area contributed by atoms with Gasteiger partial charge in [-0.1, -0.05) is 36.7 Å². The molecule has 0 aliphatic heterocycles. The van der Waals surface area contributed by atoms with Gasteiger partial charge in [-0.3, -0.25) is 4.79 Å². The van der Waals surface area contributed by atoms with Crippen LogP contribution in [0.1, 0.15) is 44.6 Å². The first kappa shape index (κ1) is 24.4. The Labute approximate surface area is 200 Å². The SMILES string of the molecule is CCC(N)C1(c2ccccc2OC(F)(F)F)CCC(Oc2cc3cc[nH]c(=O)c3cc2Cl)CC1. The highest BCUT2D eigenvalue weighted by molar-refractivity contribution is 6.32. The van der Waals surface area contributed by atoms with Gasteiger partial charge in [-0.15, -0.1) is 13.2 Å². The molecule has 1 aliphatic carbocycles. The van der Waals surface area contributed by atoms with Crippen molar-refractivity contribution in [2.24, 2.45) is 5.73 Å². The number of halogens is 4. The van der Waals surface area contributed by atoms with E-state index in [2.05, 4.69) is 9.72 Å². The van der Waals surface area contributed by atoms with E-state index >= 15 is 0 Å². The largest absolute Gasteiger partial charge is 0.573 e. The second-order valence-corrected chi connectivity index (χ2v) is 9.12. The van der Waals surface area contributed by atoms with Gasteiger partial charge in [0.25, 0.3) is 5.56 Å². The highest BCUT2D eigenvalue weighted by atomic mass is 35.5. The standard InChI is InChI=1S/C25H26ClF3N2O3/c1-2-22(30)24(18-5-3-4-6-20(18)34-25(27,28)29)10-7-16(8-11-24)33-21-13-15-9-12-31-23(32)17(15)14-19(21)26/h3-6,9,12-14,16,22H,2,7-8,10-11,30H2,1H3,(H,31,32). The summed E-state index contributed by atoms with van der Waals surface area (Å²) in [5, 5.41) is 1.51. The molecule has 9 heteroatoms. The molecule has 5 nitrogen and oxygen atoms in total. The number of ether oxygens (including phenoxy) is 2. The number of hydrogen-bond acceptors (Lipinski definition) is 4. The molecule has 0 radical (unpaired) electrons. The van der Waals surface area contributed by atoms with Gasteiger partial charge in [-0.25, -0.2) is 0 Å². The van der Waals surface area contributed by atoms with Gasteiger partial charge in [-0.05, 0) is 61.8 Å². The topological polar surface area (TPSA) is 77.3 Å². The van der Waals surface area contributed by atoms with E-state index in [0.717, 1.165) is 0 Å². The second kappa shape index (κ2) is 9.50. The van der Waals surface area contributed by atoms with Crippen molar-refractivity contribution in [2.75, 3.05) is 0 Å². The van der Waals surface area contributed by atoms with Crippen molar-refractivity contribution in [2.45, 2.75) is 63.0 Å². The molecule has 1 aliphatic rings. The first-order chi connectivity index (χ1) is 16.1. The van der Waals surface area contributed by atoms with Crippen molar-refractivity contribution in [3.63, 3.8) is 0 Å². The van der Waals surface area contributed by atoms with Crippen LogP contribution in [0, 0.1) is 0 Å². The highest BCUT2D eigenvalue weighted by Gasteiger charge is 2.44. The summed E-state index contributed by atoms with van der Waals surface area (Å²) in [7, 11) is 0. The van der Waals surface area contributed by atoms with Gasteiger partial charge < -0.3 is 20.2 Å². The lowest BCUT2D eigenvalue weighted by Gasteiger charge is -2.45. The van der Waals surface area contributed by atoms with Gasteiger partial charge in [0.1, 0.15) is 11.5 Å². The summed E-state index contributed by atoms with van der Waals surface area (Å²) in [5.41, 5.74) is 6.09. The third-order valence-electron chi connectivity index (χ3n) is 6.74. The number of alkyl halides is 3. The lowest BCUT2D eigenvalue weighted by atomic mass is 9.63. The van der Waals surface area contributed by atoms with Crippen LogP contribution >= 0.6 is 11.6 Å². The summed E-state index contributed by atoms with van der Waals surface area (Å²) >= 11 is 6.38. The van der Waals surface area contributed by atoms with E-state index in [1.807, 2.05) is 6.92 Å². The Morgan fingerprint density at radius 1 is 1.18 bits per heavy atom. The number of rotatable bonds is 6. The minimum Gasteiger partial charge on any atom is -0.489 e. The van der Waals surface area contributed by atoms with Crippen LogP contribution in [0.25, 0.3) is 10.8 Å². The predicted octanol–water partition coefficient (Wildman–Crippen LogP) is 6.08. The molecule has 3 N–H and O–H groups in total. The molecular formula is C25H26ClF3N2O3. The maximum atomic E-state index is 13.1. The van der Waals surface area contributed by atoms with E-state index in [9.17, 15) is 18.0 Å². The fourth-order valence-electron chi connectivity index (χ4n) is 5.00. The molecule has 1 unspecified atom stereocenters. The molecule has 182 valence electrons. The van der Waals surface area contributed by atoms with Crippen LogP contribution in [0.2, 0.25) is 5.02 Å². The van der Waals surface area contributed by atoms with Crippen LogP contribution in [-0.4, -0.2) is 23.5 Å². The summed E-state index contributed by atoms with van der Waals surface area (Å²) in [4.78, 5) is 14.6. The summed E-state index contributed by atoms with van der Waals surface area (Å²) < 4.78 is 49.8. The number of fused-ring (bicyclic) bond motifs is 1. The lowest BCUT2D eigenvalue weighted by Crippen LogP contribution is -2.49. The van der Waals surface area contributed by atoms with E-state index in [0.29, 0.717) is 59.2 Å². The molecule has 0 saturated heterocycles. The van der Waals surface area contributed by atoms with Gasteiger partial charge in [0.2, 0.25) is 0 Å². The van der Waals surface area contributed by atoms with Crippen molar-refractivity contribution < 1.29 is 22.6 Å². The van der Waals surface area contributed by atoms with Crippen molar-refractivity contribution in [3.05, 3.63) is 69.6 Å². The van der Waals surface area contributed by atoms with Crippen LogP contribution in [0.4, 0.5) is 13.2 Å². The summed E-state index contributed by atoms with van der Waals surface area (Å²) in [6.45, 7) is 1.93. The molecule has 1 heterocycles. The summed E-state index contributed by atoms with van der Waals surface area (Å²) in [6, 6.07) is 11.0. The number of aromatic amines is 1. The lowest BCUT2D eigenvalue weighted by molar-refractivity contribution is -0.275. The van der Waals surface area contributed by atoms with E-state index in [1.165, 1.54) is 12.1 Å². The third kappa shape index (κ3) is 4.88. The van der Waals surface area contributed by atoms with Gasteiger partial charge >= 0.3 is 6.36 Å². The molecule has 0 spiro atoms. The Bertz CT molecular complexity index is 1220. The maximum Gasteiger partial charge on any atom is 0.573 e. The molecule has 1 fully saturated rings. The average molecular weight is 495 g/mol. The monoisotopic (exact) mass is 494 g/mol. The Morgan fingerprint density at radius 2 is 1.88 bits per heavy atom. The Morgan fingerprint density at radius 3 is 2.56 bits per heavy atom.